The summed E-state index contributed by atoms with van der Waals surface area (Å²) in [6, 6.07) is 8.46. The Kier molecular flexibility index (Phi) is 5.02. The lowest BCUT2D eigenvalue weighted by Crippen LogP contribution is -2.22. The highest BCUT2D eigenvalue weighted by Gasteiger charge is 2.11. The summed E-state index contributed by atoms with van der Waals surface area (Å²) in [7, 11) is 1.99. The molecule has 1 atom stereocenters. The molecule has 1 aromatic carbocycles. The van der Waals surface area contributed by atoms with Crippen molar-refractivity contribution < 1.29 is 4.74 Å². The van der Waals surface area contributed by atoms with Crippen LogP contribution >= 0.6 is 11.3 Å². The molecule has 2 nitrogen and oxygen atoms in total. The molecule has 0 amide bonds. The number of nitrogens with one attached hydrogen (secondary N) is 1. The topological polar surface area (TPSA) is 21.3 Å². The normalized spacial score (nSPS) is 12.8. The van der Waals surface area contributed by atoms with E-state index in [1.165, 1.54) is 10.1 Å². The second-order valence-electron chi connectivity index (χ2n) is 4.51. The molecule has 1 N–H and O–H groups in total. The van der Waals surface area contributed by atoms with E-state index in [9.17, 15) is 0 Å². The first-order valence-electron chi connectivity index (χ1n) is 6.62. The maximum Gasteiger partial charge on any atom is 0.128 e. The van der Waals surface area contributed by atoms with Gasteiger partial charge in [-0.1, -0.05) is 19.4 Å². The molecule has 0 bridgehead atoms. The number of rotatable bonds is 7. The first kappa shape index (κ1) is 13.4. The van der Waals surface area contributed by atoms with Crippen molar-refractivity contribution in [1.82, 2.24) is 5.32 Å². The van der Waals surface area contributed by atoms with Crippen molar-refractivity contribution in [1.29, 1.82) is 0 Å². The molecular formula is C15H21NOS. The molecule has 0 radical (unpaired) electrons. The Morgan fingerprint density at radius 1 is 1.28 bits per heavy atom. The average Bonchev–Trinajstić information content (AvgIpc) is 2.85. The van der Waals surface area contributed by atoms with E-state index in [4.69, 9.17) is 4.74 Å². The van der Waals surface area contributed by atoms with Gasteiger partial charge >= 0.3 is 0 Å². The molecule has 1 heterocycles. The van der Waals surface area contributed by atoms with Crippen LogP contribution in [0.25, 0.3) is 10.1 Å². The van der Waals surface area contributed by atoms with Crippen LogP contribution in [0.2, 0.25) is 0 Å². The number of hydrogen-bond donors (Lipinski definition) is 1. The fraction of sp³-hybridized carbons (Fsp3) is 0.467. The monoisotopic (exact) mass is 263 g/mol. The lowest BCUT2D eigenvalue weighted by Gasteiger charge is -2.19. The average molecular weight is 263 g/mol. The van der Waals surface area contributed by atoms with Gasteiger partial charge < -0.3 is 10.1 Å². The lowest BCUT2D eigenvalue weighted by molar-refractivity contribution is 0.182. The van der Waals surface area contributed by atoms with Crippen LogP contribution in [0, 0.1) is 0 Å². The summed E-state index contributed by atoms with van der Waals surface area (Å²) in [5.74, 6) is 1.03. The molecule has 0 aliphatic rings. The van der Waals surface area contributed by atoms with Gasteiger partial charge in [0.25, 0.3) is 0 Å². The highest BCUT2D eigenvalue weighted by Crippen LogP contribution is 2.30. The van der Waals surface area contributed by atoms with Gasteiger partial charge in [-0.3, -0.25) is 0 Å². The zero-order chi connectivity index (χ0) is 12.8. The van der Waals surface area contributed by atoms with Crippen LogP contribution in [0.5, 0.6) is 5.75 Å². The molecule has 98 valence electrons. The maximum atomic E-state index is 6.20. The summed E-state index contributed by atoms with van der Waals surface area (Å²) in [5.41, 5.74) is 0. The number of benzene rings is 1. The van der Waals surface area contributed by atoms with Gasteiger partial charge in [0.2, 0.25) is 0 Å². The molecule has 1 aromatic heterocycles. The van der Waals surface area contributed by atoms with Crippen LogP contribution in [0.4, 0.5) is 0 Å². The number of hydrogen-bond acceptors (Lipinski definition) is 3. The van der Waals surface area contributed by atoms with Crippen molar-refractivity contribution in [2.75, 3.05) is 13.6 Å². The van der Waals surface area contributed by atoms with Crippen LogP contribution < -0.4 is 10.1 Å². The maximum absolute atomic E-state index is 6.20. The molecule has 1 unspecified atom stereocenters. The smallest absolute Gasteiger partial charge is 0.128 e. The molecule has 0 spiro atoms. The predicted molar refractivity (Wildman–Crippen MR) is 79.7 cm³/mol. The Balaban J connectivity index is 2.12. The van der Waals surface area contributed by atoms with Crippen LogP contribution in [0.1, 0.15) is 26.2 Å². The van der Waals surface area contributed by atoms with E-state index < -0.39 is 0 Å². The number of ether oxygens (including phenoxy) is 1. The molecule has 18 heavy (non-hydrogen) atoms. The first-order valence-corrected chi connectivity index (χ1v) is 7.50. The Bertz CT molecular complexity index is 480. The molecule has 0 fully saturated rings. The minimum atomic E-state index is 0.313. The van der Waals surface area contributed by atoms with Gasteiger partial charge in [-0.05, 0) is 50.0 Å². The fourth-order valence-corrected chi connectivity index (χ4v) is 2.94. The van der Waals surface area contributed by atoms with Gasteiger partial charge in [-0.15, -0.1) is 11.3 Å². The van der Waals surface area contributed by atoms with E-state index in [2.05, 4.69) is 41.9 Å². The molecule has 0 aliphatic heterocycles. The summed E-state index contributed by atoms with van der Waals surface area (Å²) in [5, 5.41) is 6.57. The van der Waals surface area contributed by atoms with E-state index in [-0.39, 0.29) is 0 Å². The van der Waals surface area contributed by atoms with Crippen LogP contribution in [-0.2, 0) is 0 Å². The van der Waals surface area contributed by atoms with Gasteiger partial charge in [-0.2, -0.15) is 0 Å². The summed E-state index contributed by atoms with van der Waals surface area (Å²) < 4.78 is 7.50. The third-order valence-electron chi connectivity index (χ3n) is 3.08. The quantitative estimate of drug-likeness (QED) is 0.813. The minimum Gasteiger partial charge on any atom is -0.490 e. The molecule has 2 rings (SSSR count). The van der Waals surface area contributed by atoms with E-state index in [1.807, 2.05) is 7.05 Å². The molecule has 0 saturated heterocycles. The Morgan fingerprint density at radius 2 is 2.17 bits per heavy atom. The summed E-state index contributed by atoms with van der Waals surface area (Å²) in [4.78, 5) is 0. The van der Waals surface area contributed by atoms with E-state index >= 15 is 0 Å². The molecule has 2 aromatic rings. The lowest BCUT2D eigenvalue weighted by atomic mass is 10.1. The predicted octanol–water partition coefficient (Wildman–Crippen LogP) is 4.06. The molecule has 3 heteroatoms. The Labute approximate surface area is 113 Å². The van der Waals surface area contributed by atoms with E-state index in [0.29, 0.717) is 6.10 Å². The van der Waals surface area contributed by atoms with Crippen molar-refractivity contribution in [3.8, 4) is 5.75 Å². The van der Waals surface area contributed by atoms with Gasteiger partial charge in [0, 0.05) is 10.1 Å². The van der Waals surface area contributed by atoms with Crippen LogP contribution in [0.3, 0.4) is 0 Å². The first-order chi connectivity index (χ1) is 8.85. The second kappa shape index (κ2) is 6.76. The van der Waals surface area contributed by atoms with Gasteiger partial charge in [0.1, 0.15) is 5.75 Å². The highest BCUT2D eigenvalue weighted by molar-refractivity contribution is 7.17. The van der Waals surface area contributed by atoms with Crippen molar-refractivity contribution in [3.63, 3.8) is 0 Å². The standard InChI is InChI=1S/C15H21NOS/c1-3-5-12(8-10-16-2)17-14-6-4-7-15-13(14)9-11-18-15/h4,6-7,9,11-12,16H,3,5,8,10H2,1-2H3. The third kappa shape index (κ3) is 3.24. The number of fused-ring (bicyclic) bond motifs is 1. The molecular weight excluding hydrogens is 242 g/mol. The van der Waals surface area contributed by atoms with Crippen molar-refractivity contribution >= 4 is 21.4 Å². The van der Waals surface area contributed by atoms with Crippen molar-refractivity contribution in [3.05, 3.63) is 29.6 Å². The fourth-order valence-electron chi connectivity index (χ4n) is 2.14. The van der Waals surface area contributed by atoms with E-state index in [0.717, 1.165) is 31.6 Å². The summed E-state index contributed by atoms with van der Waals surface area (Å²) in [6.07, 6.45) is 3.65. The SMILES string of the molecule is CCCC(CCNC)Oc1cccc2sccc12. The molecule has 0 saturated carbocycles. The van der Waals surface area contributed by atoms with Gasteiger partial charge in [0.05, 0.1) is 6.10 Å². The number of thiophene rings is 1. The van der Waals surface area contributed by atoms with Crippen LogP contribution in [0.15, 0.2) is 29.6 Å². The molecule has 0 aliphatic carbocycles. The van der Waals surface area contributed by atoms with Gasteiger partial charge in [-0.25, -0.2) is 0 Å². The van der Waals surface area contributed by atoms with Crippen molar-refractivity contribution in [2.24, 2.45) is 0 Å². The zero-order valence-electron chi connectivity index (χ0n) is 11.1. The zero-order valence-corrected chi connectivity index (χ0v) is 11.9. The summed E-state index contributed by atoms with van der Waals surface area (Å²) in [6.45, 7) is 3.21. The largest absolute Gasteiger partial charge is 0.490 e. The Hall–Kier alpha value is -1.06. The van der Waals surface area contributed by atoms with Crippen molar-refractivity contribution in [2.45, 2.75) is 32.3 Å². The van der Waals surface area contributed by atoms with E-state index in [1.54, 1.807) is 11.3 Å². The Morgan fingerprint density at radius 3 is 2.94 bits per heavy atom. The highest BCUT2D eigenvalue weighted by atomic mass is 32.1. The minimum absolute atomic E-state index is 0.313. The summed E-state index contributed by atoms with van der Waals surface area (Å²) >= 11 is 1.77. The van der Waals surface area contributed by atoms with Crippen LogP contribution in [-0.4, -0.2) is 19.7 Å². The third-order valence-corrected chi connectivity index (χ3v) is 3.96. The second-order valence-corrected chi connectivity index (χ2v) is 5.46. The van der Waals surface area contributed by atoms with Gasteiger partial charge in [0.15, 0.2) is 0 Å².